The van der Waals surface area contributed by atoms with Crippen LogP contribution in [0, 0.1) is 10.1 Å². The summed E-state index contributed by atoms with van der Waals surface area (Å²) in [5.41, 5.74) is -0.126. The quantitative estimate of drug-likeness (QED) is 0.624. The van der Waals surface area contributed by atoms with Crippen LogP contribution in [0.25, 0.3) is 0 Å². The van der Waals surface area contributed by atoms with Crippen LogP contribution in [0.3, 0.4) is 0 Å². The maximum absolute atomic E-state index is 11.9. The maximum Gasteiger partial charge on any atom is 0.307 e. The van der Waals surface area contributed by atoms with Crippen molar-refractivity contribution >= 4 is 11.6 Å². The lowest BCUT2D eigenvalue weighted by molar-refractivity contribution is -0.385. The lowest BCUT2D eigenvalue weighted by Crippen LogP contribution is -2.36. The van der Waals surface area contributed by atoms with Crippen molar-refractivity contribution in [3.8, 4) is 0 Å². The van der Waals surface area contributed by atoms with E-state index in [9.17, 15) is 14.9 Å². The van der Waals surface area contributed by atoms with Gasteiger partial charge >= 0.3 is 5.69 Å². The molecule has 0 bridgehead atoms. The van der Waals surface area contributed by atoms with Crippen molar-refractivity contribution in [2.75, 3.05) is 13.2 Å². The van der Waals surface area contributed by atoms with Crippen molar-refractivity contribution < 1.29 is 14.5 Å². The summed E-state index contributed by atoms with van der Waals surface area (Å²) in [6.45, 7) is 2.84. The summed E-state index contributed by atoms with van der Waals surface area (Å²) in [7, 11) is 0. The number of nitro groups is 1. The molecule has 0 aromatic carbocycles. The highest BCUT2D eigenvalue weighted by Crippen LogP contribution is 2.14. The van der Waals surface area contributed by atoms with Crippen molar-refractivity contribution in [2.24, 2.45) is 0 Å². The van der Waals surface area contributed by atoms with Gasteiger partial charge in [0.15, 0.2) is 0 Å². The molecule has 19 heavy (non-hydrogen) atoms. The zero-order valence-corrected chi connectivity index (χ0v) is 10.6. The van der Waals surface area contributed by atoms with Crippen LogP contribution >= 0.6 is 0 Å². The summed E-state index contributed by atoms with van der Waals surface area (Å²) in [6.07, 6.45) is 4.41. The van der Waals surface area contributed by atoms with E-state index in [4.69, 9.17) is 4.74 Å². The maximum atomic E-state index is 11.9. The minimum Gasteiger partial charge on any atom is -0.376 e. The number of amides is 1. The normalized spacial score (nSPS) is 20.2. The first-order valence-electron chi connectivity index (χ1n) is 6.16. The van der Waals surface area contributed by atoms with E-state index in [0.29, 0.717) is 6.54 Å². The smallest absolute Gasteiger partial charge is 0.307 e. The zero-order valence-electron chi connectivity index (χ0n) is 10.6. The number of ether oxygens (including phenoxy) is 1. The Hall–Kier alpha value is -1.96. The van der Waals surface area contributed by atoms with Crippen LogP contribution in [0.2, 0.25) is 0 Å². The Morgan fingerprint density at radius 1 is 1.79 bits per heavy atom. The molecule has 0 unspecified atom stereocenters. The van der Waals surface area contributed by atoms with Gasteiger partial charge in [-0.05, 0) is 19.8 Å². The number of hydrogen-bond donors (Lipinski definition) is 1. The molecule has 1 aromatic heterocycles. The minimum atomic E-state index is -0.588. The van der Waals surface area contributed by atoms with Gasteiger partial charge in [-0.1, -0.05) is 0 Å². The molecule has 1 fully saturated rings. The molecule has 2 atom stereocenters. The van der Waals surface area contributed by atoms with Gasteiger partial charge < -0.3 is 10.1 Å². The first-order valence-corrected chi connectivity index (χ1v) is 6.16. The molecule has 1 amide bonds. The van der Waals surface area contributed by atoms with Crippen LogP contribution in [0.4, 0.5) is 5.69 Å². The van der Waals surface area contributed by atoms with Crippen molar-refractivity contribution in [1.29, 1.82) is 0 Å². The number of rotatable bonds is 5. The predicted octanol–water partition coefficient (Wildman–Crippen LogP) is 0.647. The average molecular weight is 268 g/mol. The van der Waals surface area contributed by atoms with Gasteiger partial charge in [0.1, 0.15) is 18.4 Å². The van der Waals surface area contributed by atoms with Gasteiger partial charge in [-0.25, -0.2) is 0 Å². The average Bonchev–Trinajstić information content (AvgIpc) is 3.05. The number of carbonyl (C=O) groups excluding carboxylic acids is 1. The molecule has 1 aromatic rings. The molecule has 0 radical (unpaired) electrons. The number of carbonyl (C=O) groups is 1. The highest BCUT2D eigenvalue weighted by molar-refractivity contribution is 5.79. The number of hydrogen-bond acceptors (Lipinski definition) is 5. The second-order valence-corrected chi connectivity index (χ2v) is 4.49. The minimum absolute atomic E-state index is 0.0723. The van der Waals surface area contributed by atoms with Gasteiger partial charge in [0.2, 0.25) is 5.91 Å². The summed E-state index contributed by atoms with van der Waals surface area (Å²) in [5.74, 6) is -0.228. The molecule has 0 aliphatic carbocycles. The molecule has 1 aliphatic heterocycles. The monoisotopic (exact) mass is 268 g/mol. The fraction of sp³-hybridized carbons (Fsp3) is 0.636. The summed E-state index contributed by atoms with van der Waals surface area (Å²) in [4.78, 5) is 21.9. The Morgan fingerprint density at radius 2 is 2.58 bits per heavy atom. The Bertz CT molecular complexity index is 467. The van der Waals surface area contributed by atoms with E-state index in [1.54, 1.807) is 6.92 Å². The first-order chi connectivity index (χ1) is 9.08. The van der Waals surface area contributed by atoms with E-state index in [1.807, 2.05) is 0 Å². The molecule has 0 saturated carbocycles. The molecule has 104 valence electrons. The van der Waals surface area contributed by atoms with Crippen LogP contribution in [0.15, 0.2) is 12.4 Å². The Morgan fingerprint density at radius 3 is 3.16 bits per heavy atom. The van der Waals surface area contributed by atoms with Crippen LogP contribution < -0.4 is 5.32 Å². The largest absolute Gasteiger partial charge is 0.376 e. The van der Waals surface area contributed by atoms with E-state index in [2.05, 4.69) is 10.4 Å². The molecule has 8 heteroatoms. The van der Waals surface area contributed by atoms with Crippen LogP contribution in [0.1, 0.15) is 25.8 Å². The zero-order chi connectivity index (χ0) is 13.8. The summed E-state index contributed by atoms with van der Waals surface area (Å²) in [6, 6.07) is -0.588. The third-order valence-corrected chi connectivity index (χ3v) is 3.10. The van der Waals surface area contributed by atoms with Crippen LogP contribution in [-0.4, -0.2) is 39.9 Å². The van der Waals surface area contributed by atoms with Gasteiger partial charge in [0.25, 0.3) is 0 Å². The van der Waals surface area contributed by atoms with E-state index >= 15 is 0 Å². The van der Waals surface area contributed by atoms with Crippen molar-refractivity contribution in [3.05, 3.63) is 22.5 Å². The van der Waals surface area contributed by atoms with Gasteiger partial charge in [0, 0.05) is 13.2 Å². The fourth-order valence-electron chi connectivity index (χ4n) is 1.92. The summed E-state index contributed by atoms with van der Waals surface area (Å²) < 4.78 is 6.68. The van der Waals surface area contributed by atoms with Gasteiger partial charge in [-0.3, -0.25) is 19.6 Å². The molecule has 1 aliphatic rings. The molecule has 0 spiro atoms. The molecule has 2 heterocycles. The van der Waals surface area contributed by atoms with Crippen molar-refractivity contribution in [1.82, 2.24) is 15.1 Å². The van der Waals surface area contributed by atoms with E-state index < -0.39 is 11.0 Å². The highest BCUT2D eigenvalue weighted by Gasteiger charge is 2.21. The second kappa shape index (κ2) is 5.79. The number of nitrogens with zero attached hydrogens (tertiary/aromatic N) is 3. The Labute approximate surface area is 109 Å². The van der Waals surface area contributed by atoms with E-state index in [-0.39, 0.29) is 17.7 Å². The van der Waals surface area contributed by atoms with Crippen molar-refractivity contribution in [3.63, 3.8) is 0 Å². The lowest BCUT2D eigenvalue weighted by atomic mass is 10.2. The van der Waals surface area contributed by atoms with Crippen LogP contribution in [-0.2, 0) is 9.53 Å². The fourth-order valence-corrected chi connectivity index (χ4v) is 1.92. The first kappa shape index (κ1) is 13.5. The van der Waals surface area contributed by atoms with E-state index in [1.165, 1.54) is 10.9 Å². The standard InChI is InChI=1S/C11H16N4O4/c1-8(14-7-9(5-13-14)15(17)18)11(16)12-6-10-3-2-4-19-10/h5,7-8,10H,2-4,6H2,1H3,(H,12,16)/t8-,10-/m1/s1. The molecule has 1 N–H and O–H groups in total. The summed E-state index contributed by atoms with van der Waals surface area (Å²) in [5, 5.41) is 17.1. The highest BCUT2D eigenvalue weighted by atomic mass is 16.6. The molecular formula is C11H16N4O4. The van der Waals surface area contributed by atoms with Gasteiger partial charge in [-0.2, -0.15) is 5.10 Å². The summed E-state index contributed by atoms with van der Waals surface area (Å²) >= 11 is 0. The topological polar surface area (TPSA) is 99.3 Å². The van der Waals surface area contributed by atoms with Gasteiger partial charge in [0.05, 0.1) is 11.0 Å². The molecular weight excluding hydrogens is 252 g/mol. The van der Waals surface area contributed by atoms with Gasteiger partial charge in [-0.15, -0.1) is 0 Å². The SMILES string of the molecule is C[C@H](C(=O)NC[C@H]1CCCO1)n1cc([N+](=O)[O-])cn1. The third-order valence-electron chi connectivity index (χ3n) is 3.10. The molecule has 1 saturated heterocycles. The Balaban J connectivity index is 1.88. The van der Waals surface area contributed by atoms with E-state index in [0.717, 1.165) is 25.6 Å². The lowest BCUT2D eigenvalue weighted by Gasteiger charge is -2.14. The number of nitrogens with one attached hydrogen (secondary N) is 1. The number of aromatic nitrogens is 2. The second-order valence-electron chi connectivity index (χ2n) is 4.49. The predicted molar refractivity (Wildman–Crippen MR) is 65.6 cm³/mol. The van der Waals surface area contributed by atoms with Crippen molar-refractivity contribution in [2.45, 2.75) is 31.9 Å². The van der Waals surface area contributed by atoms with Crippen LogP contribution in [0.5, 0.6) is 0 Å². The molecule has 8 nitrogen and oxygen atoms in total. The Kier molecular flexibility index (Phi) is 4.10. The molecule has 2 rings (SSSR count). The third kappa shape index (κ3) is 3.28.